The molecule has 1 heterocycles. The zero-order valence-corrected chi connectivity index (χ0v) is 8.84. The molecule has 0 aliphatic carbocycles. The van der Waals surface area contributed by atoms with Crippen LogP contribution < -0.4 is 0 Å². The van der Waals surface area contributed by atoms with Gasteiger partial charge in [0.2, 0.25) is 0 Å². The normalized spacial score (nSPS) is 10.3. The number of rotatable bonds is 2. The van der Waals surface area contributed by atoms with Gasteiger partial charge in [-0.3, -0.25) is 4.79 Å². The van der Waals surface area contributed by atoms with Crippen molar-refractivity contribution in [1.82, 2.24) is 4.57 Å². The van der Waals surface area contributed by atoms with Crippen molar-refractivity contribution < 1.29 is 14.3 Å². The van der Waals surface area contributed by atoms with Gasteiger partial charge in [0.25, 0.3) is 0 Å². The molecule has 0 atom stereocenters. The van der Waals surface area contributed by atoms with Crippen molar-refractivity contribution in [2.45, 2.75) is 6.92 Å². The number of aromatic nitrogens is 1. The van der Waals surface area contributed by atoms with Crippen molar-refractivity contribution in [1.29, 1.82) is 0 Å². The van der Waals surface area contributed by atoms with E-state index in [1.54, 1.807) is 19.1 Å². The predicted molar refractivity (Wildman–Crippen MR) is 59.7 cm³/mol. The maximum Gasteiger partial charge on any atom is 0.419 e. The van der Waals surface area contributed by atoms with Crippen LogP contribution in [0.15, 0.2) is 30.3 Å². The van der Waals surface area contributed by atoms with Gasteiger partial charge in [-0.2, -0.15) is 0 Å². The molecule has 0 aliphatic rings. The topological polar surface area (TPSA) is 48.3 Å². The lowest BCUT2D eigenvalue weighted by Crippen LogP contribution is -2.15. The first kappa shape index (κ1) is 10.4. The molecule has 2 aromatic rings. The van der Waals surface area contributed by atoms with Crippen LogP contribution in [-0.2, 0) is 4.74 Å². The molecule has 4 heteroatoms. The van der Waals surface area contributed by atoms with Crippen LogP contribution in [0.5, 0.6) is 0 Å². The van der Waals surface area contributed by atoms with E-state index < -0.39 is 6.09 Å². The monoisotopic (exact) mass is 217 g/mol. The molecule has 0 amide bonds. The Labute approximate surface area is 92.4 Å². The minimum absolute atomic E-state index is 0.281. The second-order valence-electron chi connectivity index (χ2n) is 3.28. The van der Waals surface area contributed by atoms with E-state index in [2.05, 4.69) is 0 Å². The summed E-state index contributed by atoms with van der Waals surface area (Å²) in [4.78, 5) is 22.6. The van der Waals surface area contributed by atoms with Crippen LogP contribution in [0, 0.1) is 0 Å². The molecular weight excluding hydrogens is 206 g/mol. The van der Waals surface area contributed by atoms with Crippen molar-refractivity contribution in [2.24, 2.45) is 0 Å². The Bertz CT molecular complexity index is 542. The summed E-state index contributed by atoms with van der Waals surface area (Å²) >= 11 is 0. The maximum atomic E-state index is 11.7. The zero-order chi connectivity index (χ0) is 11.5. The van der Waals surface area contributed by atoms with E-state index in [-0.39, 0.29) is 6.61 Å². The summed E-state index contributed by atoms with van der Waals surface area (Å²) in [5.74, 6) is 0. The minimum atomic E-state index is -0.522. The molecule has 0 saturated carbocycles. The Hall–Kier alpha value is -2.10. The first-order valence-corrected chi connectivity index (χ1v) is 5.00. The highest BCUT2D eigenvalue weighted by Crippen LogP contribution is 2.18. The molecule has 1 aromatic carbocycles. The summed E-state index contributed by atoms with van der Waals surface area (Å²) in [6, 6.07) is 8.95. The van der Waals surface area contributed by atoms with Crippen molar-refractivity contribution in [3.63, 3.8) is 0 Å². The van der Waals surface area contributed by atoms with Crippen molar-refractivity contribution >= 4 is 23.3 Å². The van der Waals surface area contributed by atoms with E-state index in [1.165, 1.54) is 4.57 Å². The molecule has 4 nitrogen and oxygen atoms in total. The van der Waals surface area contributed by atoms with Gasteiger partial charge >= 0.3 is 6.09 Å². The number of para-hydroxylation sites is 1. The Morgan fingerprint density at radius 3 is 2.88 bits per heavy atom. The molecule has 0 bridgehead atoms. The van der Waals surface area contributed by atoms with Crippen LogP contribution in [-0.4, -0.2) is 23.6 Å². The maximum absolute atomic E-state index is 11.7. The van der Waals surface area contributed by atoms with Gasteiger partial charge in [0, 0.05) is 5.39 Å². The molecule has 0 spiro atoms. The zero-order valence-electron chi connectivity index (χ0n) is 8.84. The van der Waals surface area contributed by atoms with Gasteiger partial charge in [-0.25, -0.2) is 9.36 Å². The number of benzene rings is 1. The highest BCUT2D eigenvalue weighted by atomic mass is 16.5. The highest BCUT2D eigenvalue weighted by molar-refractivity contribution is 5.96. The first-order valence-electron chi connectivity index (χ1n) is 5.00. The van der Waals surface area contributed by atoms with Crippen molar-refractivity contribution in [2.75, 3.05) is 6.61 Å². The average Bonchev–Trinajstić information content (AvgIpc) is 2.67. The summed E-state index contributed by atoms with van der Waals surface area (Å²) < 4.78 is 6.19. The van der Waals surface area contributed by atoms with Crippen molar-refractivity contribution in [3.8, 4) is 0 Å². The fourth-order valence-electron chi connectivity index (χ4n) is 1.65. The lowest BCUT2D eigenvalue weighted by Gasteiger charge is -2.05. The highest BCUT2D eigenvalue weighted by Gasteiger charge is 2.14. The fourth-order valence-corrected chi connectivity index (χ4v) is 1.65. The second-order valence-corrected chi connectivity index (χ2v) is 3.28. The number of carbonyl (C=O) groups excluding carboxylic acids is 2. The van der Waals surface area contributed by atoms with Crippen LogP contribution in [0.1, 0.15) is 17.4 Å². The largest absolute Gasteiger partial charge is 0.449 e. The van der Waals surface area contributed by atoms with Crippen LogP contribution >= 0.6 is 0 Å². The summed E-state index contributed by atoms with van der Waals surface area (Å²) in [6.07, 6.45) is 0.127. The molecule has 1 aromatic heterocycles. The Kier molecular flexibility index (Phi) is 2.72. The number of carbonyl (C=O) groups is 2. The quantitative estimate of drug-likeness (QED) is 0.726. The van der Waals surface area contributed by atoms with Crippen LogP contribution in [0.2, 0.25) is 0 Å². The number of fused-ring (bicyclic) bond motifs is 1. The molecule has 0 aliphatic heterocycles. The summed E-state index contributed by atoms with van der Waals surface area (Å²) in [5, 5.41) is 0.845. The molecule has 0 N–H and O–H groups in total. The summed E-state index contributed by atoms with van der Waals surface area (Å²) in [6.45, 7) is 2.01. The van der Waals surface area contributed by atoms with Gasteiger partial charge in [0.1, 0.15) is 0 Å². The van der Waals surface area contributed by atoms with Crippen LogP contribution in [0.4, 0.5) is 4.79 Å². The van der Waals surface area contributed by atoms with E-state index >= 15 is 0 Å². The number of ether oxygens (including phenoxy) is 1. The lowest BCUT2D eigenvalue weighted by molar-refractivity contribution is 0.110. The molecular formula is C12H11NO3. The smallest absolute Gasteiger partial charge is 0.419 e. The minimum Gasteiger partial charge on any atom is -0.449 e. The van der Waals surface area contributed by atoms with E-state index in [1.807, 2.05) is 18.2 Å². The number of hydrogen-bond donors (Lipinski definition) is 0. The standard InChI is InChI=1S/C12H11NO3/c1-2-16-12(15)13-10(8-14)7-9-5-3-4-6-11(9)13/h3-8H,2H2,1H3. The Balaban J connectivity index is 2.64. The summed E-state index contributed by atoms with van der Waals surface area (Å²) in [5.41, 5.74) is 0.989. The third-order valence-corrected chi connectivity index (χ3v) is 2.31. The molecule has 2 rings (SSSR count). The van der Waals surface area contributed by atoms with Gasteiger partial charge in [-0.15, -0.1) is 0 Å². The van der Waals surface area contributed by atoms with Gasteiger partial charge in [0.15, 0.2) is 6.29 Å². The second kappa shape index (κ2) is 4.18. The third-order valence-electron chi connectivity index (χ3n) is 2.31. The van der Waals surface area contributed by atoms with E-state index in [0.717, 1.165) is 5.39 Å². The molecule has 0 saturated heterocycles. The average molecular weight is 217 g/mol. The van der Waals surface area contributed by atoms with Crippen LogP contribution in [0.25, 0.3) is 10.9 Å². The van der Waals surface area contributed by atoms with Crippen molar-refractivity contribution in [3.05, 3.63) is 36.0 Å². The number of hydrogen-bond acceptors (Lipinski definition) is 3. The molecule has 0 radical (unpaired) electrons. The lowest BCUT2D eigenvalue weighted by atomic mass is 10.2. The predicted octanol–water partition coefficient (Wildman–Crippen LogP) is 2.46. The fraction of sp³-hybridized carbons (Fsp3) is 0.167. The molecule has 0 fully saturated rings. The summed E-state index contributed by atoms with van der Waals surface area (Å²) in [7, 11) is 0. The van der Waals surface area contributed by atoms with E-state index in [0.29, 0.717) is 17.5 Å². The Morgan fingerprint density at radius 1 is 1.44 bits per heavy atom. The van der Waals surface area contributed by atoms with E-state index in [9.17, 15) is 9.59 Å². The first-order chi connectivity index (χ1) is 7.77. The SMILES string of the molecule is CCOC(=O)n1c(C=O)cc2ccccc21. The van der Waals surface area contributed by atoms with Gasteiger partial charge in [0.05, 0.1) is 17.8 Å². The van der Waals surface area contributed by atoms with E-state index in [4.69, 9.17) is 4.74 Å². The number of nitrogens with zero attached hydrogens (tertiary/aromatic N) is 1. The van der Waals surface area contributed by atoms with Gasteiger partial charge in [-0.05, 0) is 19.1 Å². The van der Waals surface area contributed by atoms with Crippen LogP contribution in [0.3, 0.4) is 0 Å². The molecule has 0 unspecified atom stereocenters. The molecule has 16 heavy (non-hydrogen) atoms. The Morgan fingerprint density at radius 2 is 2.19 bits per heavy atom. The number of aldehydes is 1. The third kappa shape index (κ3) is 1.58. The molecule has 82 valence electrons. The van der Waals surface area contributed by atoms with Gasteiger partial charge < -0.3 is 4.74 Å². The van der Waals surface area contributed by atoms with Gasteiger partial charge in [-0.1, -0.05) is 18.2 Å².